The summed E-state index contributed by atoms with van der Waals surface area (Å²) >= 11 is 5.97. The predicted molar refractivity (Wildman–Crippen MR) is 67.4 cm³/mol. The van der Waals surface area contributed by atoms with Crippen LogP contribution in [0.3, 0.4) is 0 Å². The summed E-state index contributed by atoms with van der Waals surface area (Å²) in [6, 6.07) is 1.03. The molecule has 2 rings (SSSR count). The van der Waals surface area contributed by atoms with E-state index in [4.69, 9.17) is 16.3 Å². The number of carbonyl (C=O) groups excluding carboxylic acids is 1. The average Bonchev–Trinajstić information content (AvgIpc) is 2.36. The van der Waals surface area contributed by atoms with E-state index < -0.39 is 17.6 Å². The Hall–Kier alpha value is -1.75. The Morgan fingerprint density at radius 2 is 2.16 bits per heavy atom. The fraction of sp³-hybridized carbons (Fsp3) is 0.231. The number of aryl methyl sites for hydroxylation is 1. The number of nitrogens with zero attached hydrogens (tertiary/aromatic N) is 1. The van der Waals surface area contributed by atoms with Crippen LogP contribution < -0.4 is 0 Å². The molecule has 0 bridgehead atoms. The fourth-order valence-corrected chi connectivity index (χ4v) is 2.04. The molecule has 1 aromatic heterocycles. The summed E-state index contributed by atoms with van der Waals surface area (Å²) in [5.74, 6) is -2.10. The number of rotatable bonds is 2. The van der Waals surface area contributed by atoms with Crippen LogP contribution in [0.4, 0.5) is 8.78 Å². The van der Waals surface area contributed by atoms with Crippen molar-refractivity contribution in [2.75, 3.05) is 6.61 Å². The van der Waals surface area contributed by atoms with Crippen molar-refractivity contribution in [3.63, 3.8) is 0 Å². The van der Waals surface area contributed by atoms with Gasteiger partial charge in [0.1, 0.15) is 17.2 Å². The highest BCUT2D eigenvalue weighted by atomic mass is 35.5. The lowest BCUT2D eigenvalue weighted by atomic mass is 10.1. The molecule has 100 valence electrons. The van der Waals surface area contributed by atoms with Gasteiger partial charge in [0.2, 0.25) is 0 Å². The quantitative estimate of drug-likeness (QED) is 0.791. The fourth-order valence-electron chi connectivity index (χ4n) is 1.74. The van der Waals surface area contributed by atoms with Crippen molar-refractivity contribution in [3.05, 3.63) is 40.0 Å². The molecule has 1 aromatic carbocycles. The summed E-state index contributed by atoms with van der Waals surface area (Å²) in [6.45, 7) is 3.19. The second kappa shape index (κ2) is 5.09. The van der Waals surface area contributed by atoms with Gasteiger partial charge in [-0.05, 0) is 25.5 Å². The summed E-state index contributed by atoms with van der Waals surface area (Å²) in [5.41, 5.74) is -0.198. The van der Waals surface area contributed by atoms with Gasteiger partial charge in [-0.1, -0.05) is 11.6 Å². The molecule has 0 spiro atoms. The van der Waals surface area contributed by atoms with Gasteiger partial charge in [-0.15, -0.1) is 0 Å². The van der Waals surface area contributed by atoms with Gasteiger partial charge in [-0.25, -0.2) is 13.6 Å². The molecule has 0 saturated carbocycles. The first-order valence-electron chi connectivity index (χ1n) is 5.57. The zero-order chi connectivity index (χ0) is 14.2. The van der Waals surface area contributed by atoms with E-state index in [1.54, 1.807) is 6.92 Å². The summed E-state index contributed by atoms with van der Waals surface area (Å²) in [7, 11) is 0. The van der Waals surface area contributed by atoms with E-state index in [1.165, 1.54) is 6.92 Å². The number of benzene rings is 1. The Morgan fingerprint density at radius 1 is 1.47 bits per heavy atom. The average molecular weight is 286 g/mol. The van der Waals surface area contributed by atoms with Crippen molar-refractivity contribution >= 4 is 28.5 Å². The molecule has 1 heterocycles. The minimum Gasteiger partial charge on any atom is -0.462 e. The van der Waals surface area contributed by atoms with E-state index >= 15 is 0 Å². The van der Waals surface area contributed by atoms with Crippen LogP contribution in [0.5, 0.6) is 0 Å². The number of pyridine rings is 1. The van der Waals surface area contributed by atoms with E-state index in [2.05, 4.69) is 4.98 Å². The number of carbonyl (C=O) groups is 1. The van der Waals surface area contributed by atoms with Crippen LogP contribution in [0.1, 0.15) is 22.8 Å². The smallest absolute Gasteiger partial charge is 0.341 e. The lowest BCUT2D eigenvalue weighted by molar-refractivity contribution is 0.0526. The Bertz CT molecular complexity index is 673. The highest BCUT2D eigenvalue weighted by Gasteiger charge is 2.20. The summed E-state index contributed by atoms with van der Waals surface area (Å²) < 4.78 is 32.5. The first-order chi connectivity index (χ1) is 8.97. The molecule has 0 aliphatic carbocycles. The Morgan fingerprint density at radius 3 is 2.79 bits per heavy atom. The maximum atomic E-state index is 14.0. The number of hydrogen-bond donors (Lipinski definition) is 0. The van der Waals surface area contributed by atoms with Crippen molar-refractivity contribution in [2.45, 2.75) is 13.8 Å². The van der Waals surface area contributed by atoms with Gasteiger partial charge < -0.3 is 4.74 Å². The first-order valence-corrected chi connectivity index (χ1v) is 5.95. The van der Waals surface area contributed by atoms with Crippen molar-refractivity contribution < 1.29 is 18.3 Å². The molecule has 3 nitrogen and oxygen atoms in total. The van der Waals surface area contributed by atoms with Gasteiger partial charge in [0.25, 0.3) is 0 Å². The van der Waals surface area contributed by atoms with E-state index in [0.717, 1.165) is 12.3 Å². The van der Waals surface area contributed by atoms with Gasteiger partial charge >= 0.3 is 5.97 Å². The Kier molecular flexibility index (Phi) is 3.66. The van der Waals surface area contributed by atoms with Crippen molar-refractivity contribution in [1.29, 1.82) is 0 Å². The van der Waals surface area contributed by atoms with Crippen molar-refractivity contribution in [3.8, 4) is 0 Å². The zero-order valence-electron chi connectivity index (χ0n) is 10.3. The van der Waals surface area contributed by atoms with Crippen LogP contribution in [0.25, 0.3) is 10.9 Å². The molecule has 0 atom stereocenters. The first kappa shape index (κ1) is 13.7. The van der Waals surface area contributed by atoms with E-state index in [1.807, 2.05) is 0 Å². The highest BCUT2D eigenvalue weighted by Crippen LogP contribution is 2.31. The third kappa shape index (κ3) is 2.26. The Labute approximate surface area is 113 Å². The molecule has 0 fully saturated rings. The predicted octanol–water partition coefficient (Wildman–Crippen LogP) is 3.65. The molecular formula is C13H10ClF2NO2. The maximum absolute atomic E-state index is 14.0. The van der Waals surface area contributed by atoms with Gasteiger partial charge in [-0.2, -0.15) is 0 Å². The molecule has 2 aromatic rings. The van der Waals surface area contributed by atoms with E-state index in [9.17, 15) is 13.6 Å². The van der Waals surface area contributed by atoms with Crippen molar-refractivity contribution in [1.82, 2.24) is 4.98 Å². The van der Waals surface area contributed by atoms with E-state index in [0.29, 0.717) is 0 Å². The van der Waals surface area contributed by atoms with Crippen LogP contribution in [-0.2, 0) is 4.74 Å². The van der Waals surface area contributed by atoms with Crippen LogP contribution >= 0.6 is 11.6 Å². The Balaban J connectivity index is 2.77. The topological polar surface area (TPSA) is 39.2 Å². The van der Waals surface area contributed by atoms with E-state index in [-0.39, 0.29) is 33.7 Å². The minimum absolute atomic E-state index is 0.0834. The maximum Gasteiger partial charge on any atom is 0.341 e. The number of aromatic nitrogens is 1. The largest absolute Gasteiger partial charge is 0.462 e. The minimum atomic E-state index is -0.719. The molecule has 0 aliphatic heterocycles. The molecule has 19 heavy (non-hydrogen) atoms. The summed E-state index contributed by atoms with van der Waals surface area (Å²) in [5, 5.41) is -0.395. The highest BCUT2D eigenvalue weighted by molar-refractivity contribution is 6.38. The zero-order valence-corrected chi connectivity index (χ0v) is 11.0. The molecule has 0 unspecified atom stereocenters. The molecular weight excluding hydrogens is 276 g/mol. The van der Waals surface area contributed by atoms with Crippen LogP contribution in [0.15, 0.2) is 12.3 Å². The third-order valence-corrected chi connectivity index (χ3v) is 3.04. The summed E-state index contributed by atoms with van der Waals surface area (Å²) in [4.78, 5) is 15.4. The number of ether oxygens (including phenoxy) is 1. The molecule has 6 heteroatoms. The number of hydrogen-bond acceptors (Lipinski definition) is 3. The van der Waals surface area contributed by atoms with Crippen molar-refractivity contribution in [2.24, 2.45) is 0 Å². The molecule has 0 radical (unpaired) electrons. The van der Waals surface area contributed by atoms with Crippen LogP contribution in [0, 0.1) is 18.6 Å². The standard InChI is InChI=1S/C13H10ClF2NO2/c1-3-19-13(18)7-5-17-12-8(15)4-6(2)11(16)9(12)10(7)14/h4-5H,3H2,1-2H3. The number of halogens is 3. The van der Waals surface area contributed by atoms with Crippen LogP contribution in [0.2, 0.25) is 5.02 Å². The second-order valence-electron chi connectivity index (χ2n) is 3.92. The number of esters is 1. The third-order valence-electron chi connectivity index (χ3n) is 2.65. The van der Waals surface area contributed by atoms with Gasteiger partial charge in [0.15, 0.2) is 0 Å². The lowest BCUT2D eigenvalue weighted by Crippen LogP contribution is -2.07. The monoisotopic (exact) mass is 285 g/mol. The van der Waals surface area contributed by atoms with Gasteiger partial charge in [0.05, 0.1) is 22.6 Å². The normalized spacial score (nSPS) is 10.8. The molecule has 0 aliphatic rings. The summed E-state index contributed by atoms with van der Waals surface area (Å²) in [6.07, 6.45) is 1.08. The molecule has 0 saturated heterocycles. The second-order valence-corrected chi connectivity index (χ2v) is 4.30. The number of fused-ring (bicyclic) bond motifs is 1. The van der Waals surface area contributed by atoms with Gasteiger partial charge in [0, 0.05) is 6.20 Å². The lowest BCUT2D eigenvalue weighted by Gasteiger charge is -2.09. The SMILES string of the molecule is CCOC(=O)c1cnc2c(F)cc(C)c(F)c2c1Cl. The molecule has 0 amide bonds. The van der Waals surface area contributed by atoms with Crippen LogP contribution in [-0.4, -0.2) is 17.6 Å². The van der Waals surface area contributed by atoms with Gasteiger partial charge in [-0.3, -0.25) is 4.98 Å². The molecule has 0 N–H and O–H groups in total.